The number of carbonyl (C=O) groups is 4. The van der Waals surface area contributed by atoms with Gasteiger partial charge in [-0.2, -0.15) is 0 Å². The quantitative estimate of drug-likeness (QED) is 0.218. The van der Waals surface area contributed by atoms with Gasteiger partial charge in [-0.3, -0.25) is 19.2 Å². The van der Waals surface area contributed by atoms with Crippen LogP contribution in [-0.4, -0.2) is 89.2 Å². The Labute approximate surface area is 273 Å². The first kappa shape index (κ1) is 33.3. The van der Waals surface area contributed by atoms with Crippen LogP contribution in [0.2, 0.25) is 0 Å². The molecule has 1 spiro atoms. The summed E-state index contributed by atoms with van der Waals surface area (Å²) >= 11 is 3.62. The van der Waals surface area contributed by atoms with E-state index in [-0.39, 0.29) is 43.3 Å². The summed E-state index contributed by atoms with van der Waals surface area (Å²) in [5, 5.41) is 12.3. The van der Waals surface area contributed by atoms with Gasteiger partial charge < -0.3 is 29.7 Å². The van der Waals surface area contributed by atoms with Crippen LogP contribution < -0.4 is 5.32 Å². The van der Waals surface area contributed by atoms with Gasteiger partial charge in [0.1, 0.15) is 24.4 Å². The van der Waals surface area contributed by atoms with E-state index in [0.717, 1.165) is 31.2 Å². The summed E-state index contributed by atoms with van der Waals surface area (Å²) in [5.41, 5.74) is -0.520. The van der Waals surface area contributed by atoms with Gasteiger partial charge in [0.25, 0.3) is 0 Å². The number of unbranched alkanes of at least 4 members (excludes halogenated alkanes) is 4. The summed E-state index contributed by atoms with van der Waals surface area (Å²) in [6.07, 6.45) is 10.2. The largest absolute Gasteiger partial charge is 0.463 e. The maximum atomic E-state index is 14.6. The van der Waals surface area contributed by atoms with Gasteiger partial charge in [0.15, 0.2) is 0 Å². The number of likely N-dealkylation sites (tertiary alicyclic amines) is 1. The lowest BCUT2D eigenvalue weighted by Gasteiger charge is -2.36. The highest BCUT2D eigenvalue weighted by molar-refractivity contribution is 9.11. The third-order valence-corrected chi connectivity index (χ3v) is 9.98. The van der Waals surface area contributed by atoms with E-state index in [1.807, 2.05) is 48.6 Å². The van der Waals surface area contributed by atoms with Crippen LogP contribution in [0.5, 0.6) is 0 Å². The van der Waals surface area contributed by atoms with Gasteiger partial charge in [0.05, 0.1) is 17.9 Å². The van der Waals surface area contributed by atoms with Crippen molar-refractivity contribution in [3.8, 4) is 0 Å². The molecule has 1 aromatic rings. The number of hydrogen-bond donors (Lipinski definition) is 2. The number of aliphatic hydroxyl groups is 1. The molecule has 4 heterocycles. The number of halogens is 1. The summed E-state index contributed by atoms with van der Waals surface area (Å²) in [6.45, 7) is 3.32. The van der Waals surface area contributed by atoms with Crippen LogP contribution in [-0.2, 0) is 28.7 Å². The zero-order valence-corrected chi connectivity index (χ0v) is 27.5. The maximum Gasteiger partial charge on any atom is 0.306 e. The second-order valence-electron chi connectivity index (χ2n) is 12.3. The Morgan fingerprint density at radius 3 is 2.53 bits per heavy atom. The molecule has 2 N–H and O–H groups in total. The Hall–Kier alpha value is -3.02. The number of nitrogens with zero attached hydrogens (tertiary/aromatic N) is 2. The molecule has 2 saturated heterocycles. The highest BCUT2D eigenvalue weighted by atomic mass is 79.9. The number of amides is 3. The predicted octanol–water partition coefficient (Wildman–Crippen LogP) is 3.79. The average molecular weight is 687 g/mol. The molecule has 0 radical (unpaired) electrons. The topological polar surface area (TPSA) is 125 Å². The smallest absolute Gasteiger partial charge is 0.306 e. The first-order valence-corrected chi connectivity index (χ1v) is 17.0. The zero-order valence-electron chi connectivity index (χ0n) is 25.9. The minimum Gasteiger partial charge on any atom is -0.463 e. The van der Waals surface area contributed by atoms with Crippen molar-refractivity contribution < 1.29 is 33.8 Å². The van der Waals surface area contributed by atoms with E-state index < -0.39 is 35.6 Å². The van der Waals surface area contributed by atoms with Crippen molar-refractivity contribution in [3.63, 3.8) is 0 Å². The lowest BCUT2D eigenvalue weighted by atomic mass is 9.74. The van der Waals surface area contributed by atoms with Gasteiger partial charge in [-0.05, 0) is 37.3 Å². The number of benzene rings is 1. The minimum atomic E-state index is -1.29. The molecule has 244 valence electrons. The molecule has 6 atom stereocenters. The molecular weight excluding hydrogens is 642 g/mol. The maximum absolute atomic E-state index is 14.6. The third kappa shape index (κ3) is 6.90. The van der Waals surface area contributed by atoms with E-state index in [2.05, 4.69) is 28.2 Å². The van der Waals surface area contributed by atoms with E-state index in [1.54, 1.807) is 9.80 Å². The first-order valence-electron chi connectivity index (χ1n) is 16.2. The molecule has 0 saturated carbocycles. The number of aliphatic hydroxyl groups excluding tert-OH is 1. The summed E-state index contributed by atoms with van der Waals surface area (Å²) in [5.74, 6) is -3.00. The molecule has 45 heavy (non-hydrogen) atoms. The Bertz CT molecular complexity index is 1300. The normalized spacial score (nSPS) is 31.1. The summed E-state index contributed by atoms with van der Waals surface area (Å²) in [6, 6.07) is 7.74. The standard InChI is InChI=1S/C34H44BrN3O7/c1-2-3-17-37-18-11-7-10-16-26(40)44-22-25(23-14-8-6-9-15-23)36-31(41)27-28-32(42)38(19-12-4-5-13-20-39)30(33(37)43)34(28)21-24(35)29(27)45-34/h6-9,11,14-15,21,25,27-30,39H,2-5,10,12-13,16-20,22H2,1H3,(H,36,41)/b11-7-/t25-,27-,28+,29-,30-,34+/m0/s1. The van der Waals surface area contributed by atoms with Crippen molar-refractivity contribution in [1.29, 1.82) is 0 Å². The van der Waals surface area contributed by atoms with Gasteiger partial charge >= 0.3 is 5.97 Å². The molecule has 1 aromatic carbocycles. The van der Waals surface area contributed by atoms with Gasteiger partial charge in [0.2, 0.25) is 17.7 Å². The summed E-state index contributed by atoms with van der Waals surface area (Å²) in [7, 11) is 0. The monoisotopic (exact) mass is 685 g/mol. The predicted molar refractivity (Wildman–Crippen MR) is 171 cm³/mol. The van der Waals surface area contributed by atoms with E-state index in [9.17, 15) is 24.3 Å². The highest BCUT2D eigenvalue weighted by Crippen LogP contribution is 2.58. The summed E-state index contributed by atoms with van der Waals surface area (Å²) < 4.78 is 12.9. The summed E-state index contributed by atoms with van der Waals surface area (Å²) in [4.78, 5) is 59.2. The Balaban J connectivity index is 1.53. The van der Waals surface area contributed by atoms with Crippen LogP contribution in [0.25, 0.3) is 0 Å². The van der Waals surface area contributed by atoms with Gasteiger partial charge in [-0.15, -0.1) is 0 Å². The number of allylic oxidation sites excluding steroid dienone is 1. The number of rotatable bonds is 10. The molecule has 10 nitrogen and oxygen atoms in total. The molecule has 2 fully saturated rings. The molecule has 4 aliphatic heterocycles. The molecule has 0 aromatic heterocycles. The number of ether oxygens (including phenoxy) is 2. The molecule has 5 rings (SSSR count). The zero-order chi connectivity index (χ0) is 32.0. The molecule has 5 bridgehead atoms. The number of fused-ring (bicyclic) bond motifs is 2. The van der Waals surface area contributed by atoms with Crippen molar-refractivity contribution in [2.45, 2.75) is 82.1 Å². The van der Waals surface area contributed by atoms with Crippen LogP contribution >= 0.6 is 15.9 Å². The number of carbonyl (C=O) groups excluding carboxylic acids is 4. The van der Waals surface area contributed by atoms with Crippen LogP contribution in [0.15, 0.2) is 53.0 Å². The van der Waals surface area contributed by atoms with E-state index in [4.69, 9.17) is 9.47 Å². The fourth-order valence-electron chi connectivity index (χ4n) is 7.04. The molecule has 3 amide bonds. The second kappa shape index (κ2) is 15.0. The molecule has 0 aliphatic carbocycles. The van der Waals surface area contributed by atoms with Crippen molar-refractivity contribution in [3.05, 3.63) is 58.6 Å². The second-order valence-corrected chi connectivity index (χ2v) is 13.2. The van der Waals surface area contributed by atoms with Gasteiger partial charge in [-0.1, -0.05) is 84.6 Å². The van der Waals surface area contributed by atoms with Crippen LogP contribution in [0.3, 0.4) is 0 Å². The molecule has 0 unspecified atom stereocenters. The Kier molecular flexibility index (Phi) is 11.1. The number of nitrogens with one attached hydrogen (secondary N) is 1. The van der Waals surface area contributed by atoms with Crippen molar-refractivity contribution in [2.24, 2.45) is 11.8 Å². The van der Waals surface area contributed by atoms with Crippen molar-refractivity contribution in [1.82, 2.24) is 15.1 Å². The molecule has 11 heteroatoms. The highest BCUT2D eigenvalue weighted by Gasteiger charge is 2.74. The van der Waals surface area contributed by atoms with Crippen LogP contribution in [0.1, 0.15) is 69.9 Å². The van der Waals surface area contributed by atoms with E-state index in [1.165, 1.54) is 0 Å². The third-order valence-electron chi connectivity index (χ3n) is 9.30. The lowest BCUT2D eigenvalue weighted by molar-refractivity contribution is -0.148. The van der Waals surface area contributed by atoms with Crippen molar-refractivity contribution >= 4 is 39.6 Å². The molecule has 4 aliphatic rings. The first-order chi connectivity index (χ1) is 21.8. The fraction of sp³-hybridized carbons (Fsp3) is 0.588. The Morgan fingerprint density at radius 2 is 1.78 bits per heavy atom. The van der Waals surface area contributed by atoms with Gasteiger partial charge in [0, 0.05) is 37.1 Å². The van der Waals surface area contributed by atoms with Crippen LogP contribution in [0.4, 0.5) is 0 Å². The van der Waals surface area contributed by atoms with E-state index in [0.29, 0.717) is 43.4 Å². The number of esters is 1. The van der Waals surface area contributed by atoms with Gasteiger partial charge in [-0.25, -0.2) is 0 Å². The molecular formula is C34H44BrN3O7. The minimum absolute atomic E-state index is 0.0524. The average Bonchev–Trinajstić information content (AvgIpc) is 3.63. The van der Waals surface area contributed by atoms with Crippen LogP contribution in [0, 0.1) is 11.8 Å². The van der Waals surface area contributed by atoms with E-state index >= 15 is 0 Å². The lowest BCUT2D eigenvalue weighted by Crippen LogP contribution is -2.56. The fourth-order valence-corrected chi connectivity index (χ4v) is 7.78. The Morgan fingerprint density at radius 1 is 1.00 bits per heavy atom. The number of cyclic esters (lactones) is 1. The SMILES string of the molecule is CCCCN1C/C=C\CCC(=O)OC[C@@H](c2ccccc2)NC(=O)[C@@H]2[C@H]3O[C@@]4(C=C3Br)[C@H](C1=O)N(CCCCCCO)C(=O)[C@@H]24. The number of hydrogen-bond acceptors (Lipinski definition) is 7. The van der Waals surface area contributed by atoms with Crippen molar-refractivity contribution in [2.75, 3.05) is 32.8 Å².